The molecule has 0 aliphatic heterocycles. The van der Waals surface area contributed by atoms with E-state index in [1.165, 1.54) is 18.2 Å². The molecular weight excluding hydrogens is 297 g/mol. The molecular formula is C12H6Cl2F2N2O. The molecule has 0 spiro atoms. The molecule has 7 heteroatoms. The van der Waals surface area contributed by atoms with Crippen molar-refractivity contribution in [3.8, 4) is 0 Å². The zero-order valence-electron chi connectivity index (χ0n) is 9.28. The Morgan fingerprint density at radius 2 is 2.05 bits per heavy atom. The average molecular weight is 303 g/mol. The molecule has 3 nitrogen and oxygen atoms in total. The van der Waals surface area contributed by atoms with Gasteiger partial charge in [0.15, 0.2) is 5.78 Å². The molecule has 0 saturated carbocycles. The Bertz CT molecular complexity index is 629. The number of hydrogen-bond acceptors (Lipinski definition) is 3. The second-order valence-electron chi connectivity index (χ2n) is 3.62. The largest absolute Gasteiger partial charge is 0.365 e. The van der Waals surface area contributed by atoms with Gasteiger partial charge in [-0.15, -0.1) is 0 Å². The fourth-order valence-electron chi connectivity index (χ4n) is 1.51. The fraction of sp³-hybridized carbons (Fsp3) is 0.0833. The summed E-state index contributed by atoms with van der Waals surface area (Å²) in [5.41, 5.74) is -1.02. The number of aromatic nitrogens is 2. The van der Waals surface area contributed by atoms with Crippen molar-refractivity contribution in [3.63, 3.8) is 0 Å². The molecule has 0 bridgehead atoms. The van der Waals surface area contributed by atoms with Gasteiger partial charge in [0.1, 0.15) is 12.0 Å². The molecule has 0 radical (unpaired) electrons. The lowest BCUT2D eigenvalue weighted by molar-refractivity contribution is 0.0852. The van der Waals surface area contributed by atoms with Crippen LogP contribution in [0.1, 0.15) is 21.6 Å². The summed E-state index contributed by atoms with van der Waals surface area (Å²) in [6.07, 6.45) is 1.90. The number of rotatable bonds is 3. The van der Waals surface area contributed by atoms with Gasteiger partial charge in [0, 0.05) is 16.8 Å². The van der Waals surface area contributed by atoms with Crippen molar-refractivity contribution in [1.29, 1.82) is 0 Å². The SMILES string of the molecule is O=C(c1cccc(Cl)c1)c1cncnc1C(F)(F)Cl. The molecule has 0 aliphatic carbocycles. The van der Waals surface area contributed by atoms with Crippen LogP contribution in [0.3, 0.4) is 0 Å². The second-order valence-corrected chi connectivity index (χ2v) is 4.53. The lowest BCUT2D eigenvalue weighted by Crippen LogP contribution is -2.15. The monoisotopic (exact) mass is 302 g/mol. The maximum Gasteiger partial charge on any atom is 0.365 e. The minimum absolute atomic E-state index is 0.157. The number of hydrogen-bond donors (Lipinski definition) is 0. The highest BCUT2D eigenvalue weighted by molar-refractivity contribution is 6.31. The third-order valence-electron chi connectivity index (χ3n) is 2.31. The van der Waals surface area contributed by atoms with Crippen LogP contribution in [-0.4, -0.2) is 15.8 Å². The van der Waals surface area contributed by atoms with Gasteiger partial charge in [-0.2, -0.15) is 8.78 Å². The van der Waals surface area contributed by atoms with Gasteiger partial charge in [-0.1, -0.05) is 23.7 Å². The minimum atomic E-state index is -3.74. The highest BCUT2D eigenvalue weighted by Gasteiger charge is 2.35. The van der Waals surface area contributed by atoms with Crippen molar-refractivity contribution >= 4 is 29.0 Å². The number of benzene rings is 1. The predicted octanol–water partition coefficient (Wildman–Crippen LogP) is 3.65. The van der Waals surface area contributed by atoms with Crippen molar-refractivity contribution in [2.24, 2.45) is 0 Å². The fourth-order valence-corrected chi connectivity index (χ4v) is 1.85. The van der Waals surface area contributed by atoms with Gasteiger partial charge in [-0.25, -0.2) is 9.97 Å². The minimum Gasteiger partial charge on any atom is -0.288 e. The molecule has 0 N–H and O–H groups in total. The van der Waals surface area contributed by atoms with E-state index in [4.69, 9.17) is 23.2 Å². The highest BCUT2D eigenvalue weighted by atomic mass is 35.5. The number of alkyl halides is 3. The van der Waals surface area contributed by atoms with Gasteiger partial charge in [-0.3, -0.25) is 4.79 Å². The maximum atomic E-state index is 13.2. The summed E-state index contributed by atoms with van der Waals surface area (Å²) in [7, 11) is 0. The Balaban J connectivity index is 2.51. The highest BCUT2D eigenvalue weighted by Crippen LogP contribution is 2.33. The van der Waals surface area contributed by atoms with Crippen LogP contribution in [-0.2, 0) is 5.38 Å². The van der Waals surface area contributed by atoms with E-state index >= 15 is 0 Å². The molecule has 0 aliphatic rings. The van der Waals surface area contributed by atoms with E-state index in [0.717, 1.165) is 12.5 Å². The molecule has 98 valence electrons. The normalized spacial score (nSPS) is 11.4. The number of halogens is 4. The molecule has 19 heavy (non-hydrogen) atoms. The van der Waals surface area contributed by atoms with E-state index in [1.807, 2.05) is 0 Å². The van der Waals surface area contributed by atoms with Gasteiger partial charge in [0.25, 0.3) is 0 Å². The Kier molecular flexibility index (Phi) is 3.78. The molecule has 0 amide bonds. The Labute approximate surface area is 117 Å². The van der Waals surface area contributed by atoms with E-state index in [-0.39, 0.29) is 11.1 Å². The third kappa shape index (κ3) is 3.05. The van der Waals surface area contributed by atoms with Gasteiger partial charge in [0.2, 0.25) is 0 Å². The molecule has 1 heterocycles. The average Bonchev–Trinajstić information content (AvgIpc) is 2.37. The van der Waals surface area contributed by atoms with Crippen LogP contribution in [0.25, 0.3) is 0 Å². The van der Waals surface area contributed by atoms with Gasteiger partial charge in [0.05, 0.1) is 5.56 Å². The van der Waals surface area contributed by atoms with Crippen molar-refractivity contribution in [2.45, 2.75) is 5.38 Å². The lowest BCUT2D eigenvalue weighted by Gasteiger charge is -2.11. The van der Waals surface area contributed by atoms with Gasteiger partial charge < -0.3 is 0 Å². The smallest absolute Gasteiger partial charge is 0.288 e. The molecule has 0 unspecified atom stereocenters. The van der Waals surface area contributed by atoms with Crippen LogP contribution in [0.15, 0.2) is 36.8 Å². The topological polar surface area (TPSA) is 42.9 Å². The quantitative estimate of drug-likeness (QED) is 0.642. The van der Waals surface area contributed by atoms with Crippen LogP contribution >= 0.6 is 23.2 Å². The second kappa shape index (κ2) is 5.19. The first-order valence-electron chi connectivity index (χ1n) is 5.07. The Hall–Kier alpha value is -1.59. The van der Waals surface area contributed by atoms with Gasteiger partial charge in [-0.05, 0) is 23.7 Å². The molecule has 0 atom stereocenters. The van der Waals surface area contributed by atoms with E-state index in [9.17, 15) is 13.6 Å². The van der Waals surface area contributed by atoms with Crippen LogP contribution in [0.5, 0.6) is 0 Å². The van der Waals surface area contributed by atoms with Crippen molar-refractivity contribution in [2.75, 3.05) is 0 Å². The molecule has 0 fully saturated rings. The summed E-state index contributed by atoms with van der Waals surface area (Å²) in [5, 5.41) is -3.42. The number of carbonyl (C=O) groups excluding carboxylic acids is 1. The maximum absolute atomic E-state index is 13.2. The van der Waals surface area contributed by atoms with Crippen molar-refractivity contribution in [3.05, 3.63) is 58.6 Å². The molecule has 2 rings (SSSR count). The Morgan fingerprint density at radius 3 is 2.68 bits per heavy atom. The van der Waals surface area contributed by atoms with Crippen LogP contribution < -0.4 is 0 Å². The number of carbonyl (C=O) groups is 1. The zero-order chi connectivity index (χ0) is 14.0. The van der Waals surface area contributed by atoms with Crippen molar-refractivity contribution in [1.82, 2.24) is 9.97 Å². The zero-order valence-corrected chi connectivity index (χ0v) is 10.8. The van der Waals surface area contributed by atoms with Gasteiger partial charge >= 0.3 is 5.38 Å². The van der Waals surface area contributed by atoms with E-state index in [0.29, 0.717) is 5.02 Å². The lowest BCUT2D eigenvalue weighted by atomic mass is 10.0. The summed E-state index contributed by atoms with van der Waals surface area (Å²) in [6.45, 7) is 0. The molecule has 1 aromatic heterocycles. The third-order valence-corrected chi connectivity index (χ3v) is 2.73. The molecule has 0 saturated heterocycles. The van der Waals surface area contributed by atoms with Crippen molar-refractivity contribution < 1.29 is 13.6 Å². The first-order valence-corrected chi connectivity index (χ1v) is 5.82. The number of nitrogens with zero attached hydrogens (tertiary/aromatic N) is 2. The van der Waals surface area contributed by atoms with Crippen LogP contribution in [0.2, 0.25) is 5.02 Å². The van der Waals surface area contributed by atoms with E-state index < -0.39 is 16.9 Å². The first-order chi connectivity index (χ1) is 8.89. The van der Waals surface area contributed by atoms with E-state index in [1.54, 1.807) is 6.07 Å². The first kappa shape index (κ1) is 13.8. The Morgan fingerprint density at radius 1 is 1.32 bits per heavy atom. The van der Waals surface area contributed by atoms with E-state index in [2.05, 4.69) is 9.97 Å². The summed E-state index contributed by atoms with van der Waals surface area (Å²) in [4.78, 5) is 19.1. The standard InChI is InChI=1S/C12H6Cl2F2N2O/c13-8-3-1-2-7(4-8)10(19)9-5-17-6-18-11(9)12(14,15)16/h1-6H. The summed E-state index contributed by atoms with van der Waals surface area (Å²) in [6, 6.07) is 5.93. The molecule has 1 aromatic carbocycles. The predicted molar refractivity (Wildman–Crippen MR) is 66.7 cm³/mol. The summed E-state index contributed by atoms with van der Waals surface area (Å²) in [5.74, 6) is -0.668. The summed E-state index contributed by atoms with van der Waals surface area (Å²) >= 11 is 10.7. The summed E-state index contributed by atoms with van der Waals surface area (Å²) < 4.78 is 26.3. The molecule has 2 aromatic rings. The number of ketones is 1. The van der Waals surface area contributed by atoms with Crippen LogP contribution in [0.4, 0.5) is 8.78 Å². The van der Waals surface area contributed by atoms with Crippen LogP contribution in [0, 0.1) is 0 Å².